The van der Waals surface area contributed by atoms with E-state index >= 15 is 0 Å². The lowest BCUT2D eigenvalue weighted by atomic mass is 10.0. The Kier molecular flexibility index (Phi) is 8.75. The zero-order valence-electron chi connectivity index (χ0n) is 18.3. The minimum atomic E-state index is -0.619. The molecule has 0 saturated carbocycles. The maximum Gasteiger partial charge on any atom is 0.242 e. The van der Waals surface area contributed by atoms with Crippen LogP contribution in [0.2, 0.25) is 10.0 Å². The minimum absolute atomic E-state index is 0.0425. The summed E-state index contributed by atoms with van der Waals surface area (Å²) < 4.78 is 0. The molecule has 6 heteroatoms. The normalized spacial score (nSPS) is 12.9. The zero-order chi connectivity index (χ0) is 22.4. The van der Waals surface area contributed by atoms with Crippen LogP contribution in [-0.2, 0) is 22.6 Å². The summed E-state index contributed by atoms with van der Waals surface area (Å²) in [5.74, 6) is -0.278. The van der Waals surface area contributed by atoms with Gasteiger partial charge in [0, 0.05) is 12.6 Å². The molecule has 1 N–H and O–H groups in total. The quantitative estimate of drug-likeness (QED) is 0.580. The van der Waals surface area contributed by atoms with E-state index < -0.39 is 6.04 Å². The molecule has 30 heavy (non-hydrogen) atoms. The molecule has 2 rings (SSSR count). The molecule has 2 atom stereocenters. The Morgan fingerprint density at radius 3 is 2.37 bits per heavy atom. The van der Waals surface area contributed by atoms with Crippen molar-refractivity contribution < 1.29 is 9.59 Å². The van der Waals surface area contributed by atoms with Crippen LogP contribution in [0, 0.1) is 13.8 Å². The van der Waals surface area contributed by atoms with Crippen molar-refractivity contribution in [1.82, 2.24) is 10.2 Å². The number of carbonyl (C=O) groups excluding carboxylic acids is 2. The number of halogens is 2. The Morgan fingerprint density at radius 1 is 1.03 bits per heavy atom. The van der Waals surface area contributed by atoms with Gasteiger partial charge in [-0.25, -0.2) is 0 Å². The van der Waals surface area contributed by atoms with E-state index in [-0.39, 0.29) is 30.8 Å². The van der Waals surface area contributed by atoms with E-state index in [0.29, 0.717) is 10.0 Å². The molecule has 0 aliphatic heterocycles. The van der Waals surface area contributed by atoms with Gasteiger partial charge in [0.15, 0.2) is 0 Å². The molecule has 0 heterocycles. The lowest BCUT2D eigenvalue weighted by Gasteiger charge is -2.30. The molecule has 0 saturated heterocycles. The number of carbonyl (C=O) groups is 2. The summed E-state index contributed by atoms with van der Waals surface area (Å²) in [5, 5.41) is 3.85. The average Bonchev–Trinajstić information content (AvgIpc) is 2.70. The fourth-order valence-electron chi connectivity index (χ4n) is 3.14. The molecule has 2 amide bonds. The van der Waals surface area contributed by atoms with Crippen molar-refractivity contribution in [2.24, 2.45) is 0 Å². The average molecular weight is 449 g/mol. The van der Waals surface area contributed by atoms with Gasteiger partial charge < -0.3 is 10.2 Å². The van der Waals surface area contributed by atoms with Crippen LogP contribution in [0.5, 0.6) is 0 Å². The van der Waals surface area contributed by atoms with E-state index in [9.17, 15) is 9.59 Å². The van der Waals surface area contributed by atoms with Gasteiger partial charge in [-0.3, -0.25) is 9.59 Å². The van der Waals surface area contributed by atoms with Gasteiger partial charge in [0.25, 0.3) is 0 Å². The van der Waals surface area contributed by atoms with Gasteiger partial charge in [0.05, 0.1) is 16.5 Å². The molecule has 2 unspecified atom stereocenters. The predicted molar refractivity (Wildman–Crippen MR) is 124 cm³/mol. The van der Waals surface area contributed by atoms with Crippen LogP contribution >= 0.6 is 23.2 Å². The van der Waals surface area contributed by atoms with Gasteiger partial charge in [-0.2, -0.15) is 0 Å². The van der Waals surface area contributed by atoms with Gasteiger partial charge in [-0.05, 0) is 62.9 Å². The van der Waals surface area contributed by atoms with Crippen LogP contribution in [-0.4, -0.2) is 28.8 Å². The highest BCUT2D eigenvalue weighted by molar-refractivity contribution is 6.42. The predicted octanol–water partition coefficient (Wildman–Crippen LogP) is 5.48. The Bertz CT molecular complexity index is 914. The standard InChI is InChI=1S/C24H30Cl2N2O2/c1-6-17(4)27-24(30)18(5)28(14-19-9-10-21(25)22(26)12-19)23(29)13-20-11-15(2)7-8-16(20)3/h7-12,17-18H,6,13-14H2,1-5H3,(H,27,30). The fourth-order valence-corrected chi connectivity index (χ4v) is 3.46. The molecule has 0 aliphatic rings. The van der Waals surface area contributed by atoms with Gasteiger partial charge in [0.1, 0.15) is 6.04 Å². The van der Waals surface area contributed by atoms with Crippen molar-refractivity contribution in [3.63, 3.8) is 0 Å². The van der Waals surface area contributed by atoms with Crippen LogP contribution in [0.15, 0.2) is 36.4 Å². The third-order valence-electron chi connectivity index (χ3n) is 5.35. The van der Waals surface area contributed by atoms with E-state index in [0.717, 1.165) is 28.7 Å². The number of amides is 2. The van der Waals surface area contributed by atoms with Crippen LogP contribution in [0.3, 0.4) is 0 Å². The van der Waals surface area contributed by atoms with Crippen LogP contribution in [0.25, 0.3) is 0 Å². The summed E-state index contributed by atoms with van der Waals surface area (Å²) in [4.78, 5) is 27.7. The molecule has 0 radical (unpaired) electrons. The number of aryl methyl sites for hydroxylation is 2. The zero-order valence-corrected chi connectivity index (χ0v) is 19.8. The second-order valence-corrected chi connectivity index (χ2v) is 8.69. The molecule has 4 nitrogen and oxygen atoms in total. The van der Waals surface area contributed by atoms with Crippen LogP contribution in [0.4, 0.5) is 0 Å². The van der Waals surface area contributed by atoms with Crippen molar-refractivity contribution in [2.45, 2.75) is 66.1 Å². The molecule has 2 aromatic rings. The fraction of sp³-hybridized carbons (Fsp3) is 0.417. The number of hydrogen-bond donors (Lipinski definition) is 1. The first kappa shape index (κ1) is 24.2. The summed E-state index contributed by atoms with van der Waals surface area (Å²) in [6.45, 7) is 9.99. The summed E-state index contributed by atoms with van der Waals surface area (Å²) in [6, 6.07) is 10.8. The number of nitrogens with one attached hydrogen (secondary N) is 1. The molecule has 0 aliphatic carbocycles. The van der Waals surface area contributed by atoms with Crippen molar-refractivity contribution in [2.75, 3.05) is 0 Å². The largest absolute Gasteiger partial charge is 0.352 e. The minimum Gasteiger partial charge on any atom is -0.352 e. The molecule has 0 spiro atoms. The highest BCUT2D eigenvalue weighted by atomic mass is 35.5. The molecule has 0 bridgehead atoms. The Balaban J connectivity index is 2.30. The molecule has 2 aromatic carbocycles. The van der Waals surface area contributed by atoms with Crippen molar-refractivity contribution in [3.8, 4) is 0 Å². The highest BCUT2D eigenvalue weighted by Gasteiger charge is 2.27. The topological polar surface area (TPSA) is 49.4 Å². The summed E-state index contributed by atoms with van der Waals surface area (Å²) in [7, 11) is 0. The molecule has 0 aromatic heterocycles. The van der Waals surface area contributed by atoms with E-state index in [1.807, 2.05) is 52.0 Å². The van der Waals surface area contributed by atoms with Gasteiger partial charge in [-0.1, -0.05) is 60.0 Å². The van der Waals surface area contributed by atoms with E-state index in [4.69, 9.17) is 23.2 Å². The lowest BCUT2D eigenvalue weighted by molar-refractivity contribution is -0.140. The second-order valence-electron chi connectivity index (χ2n) is 7.87. The summed E-state index contributed by atoms with van der Waals surface area (Å²) in [5.41, 5.74) is 3.94. The third kappa shape index (κ3) is 6.48. The van der Waals surface area contributed by atoms with Gasteiger partial charge >= 0.3 is 0 Å². The first-order valence-electron chi connectivity index (χ1n) is 10.2. The highest BCUT2D eigenvalue weighted by Crippen LogP contribution is 2.24. The lowest BCUT2D eigenvalue weighted by Crippen LogP contribution is -2.49. The number of nitrogens with zero attached hydrogens (tertiary/aromatic N) is 1. The van der Waals surface area contributed by atoms with Gasteiger partial charge in [-0.15, -0.1) is 0 Å². The number of benzene rings is 2. The SMILES string of the molecule is CCC(C)NC(=O)C(C)N(Cc1ccc(Cl)c(Cl)c1)C(=O)Cc1cc(C)ccc1C. The smallest absolute Gasteiger partial charge is 0.242 e. The van der Waals surface area contributed by atoms with E-state index in [1.54, 1.807) is 24.0 Å². The van der Waals surface area contributed by atoms with E-state index in [2.05, 4.69) is 5.32 Å². The molecule has 162 valence electrons. The second kappa shape index (κ2) is 10.8. The van der Waals surface area contributed by atoms with E-state index in [1.165, 1.54) is 0 Å². The monoisotopic (exact) mass is 448 g/mol. The van der Waals surface area contributed by atoms with Crippen molar-refractivity contribution in [3.05, 3.63) is 68.7 Å². The van der Waals surface area contributed by atoms with Crippen LogP contribution in [0.1, 0.15) is 49.4 Å². The Labute approximate surface area is 189 Å². The summed E-state index contributed by atoms with van der Waals surface area (Å²) in [6.07, 6.45) is 1.05. The maximum absolute atomic E-state index is 13.3. The Morgan fingerprint density at radius 2 is 1.73 bits per heavy atom. The van der Waals surface area contributed by atoms with Crippen molar-refractivity contribution in [1.29, 1.82) is 0 Å². The third-order valence-corrected chi connectivity index (χ3v) is 6.09. The summed E-state index contributed by atoms with van der Waals surface area (Å²) >= 11 is 12.2. The van der Waals surface area contributed by atoms with Gasteiger partial charge in [0.2, 0.25) is 11.8 Å². The number of rotatable bonds is 8. The first-order valence-corrected chi connectivity index (χ1v) is 11.0. The maximum atomic E-state index is 13.3. The number of hydrogen-bond acceptors (Lipinski definition) is 2. The van der Waals surface area contributed by atoms with Crippen molar-refractivity contribution >= 4 is 35.0 Å². The Hall–Kier alpha value is -2.04. The molecule has 0 fully saturated rings. The first-order chi connectivity index (χ1) is 14.1. The molecular weight excluding hydrogens is 419 g/mol. The van der Waals surface area contributed by atoms with Crippen LogP contribution < -0.4 is 5.32 Å². The molecular formula is C24H30Cl2N2O2.